The molecule has 2 heterocycles. The molecule has 0 spiro atoms. The largest absolute Gasteiger partial charge is 0.387 e. The second-order valence-corrected chi connectivity index (χ2v) is 6.81. The Morgan fingerprint density at radius 1 is 1.55 bits per heavy atom. The molecule has 3 rings (SSSR count). The van der Waals surface area contributed by atoms with Crippen LogP contribution in [0.15, 0.2) is 36.9 Å². The summed E-state index contributed by atoms with van der Waals surface area (Å²) in [5.41, 5.74) is 1.61. The summed E-state index contributed by atoms with van der Waals surface area (Å²) in [5, 5.41) is 13.2. The van der Waals surface area contributed by atoms with E-state index in [0.29, 0.717) is 11.3 Å². The molecule has 1 unspecified atom stereocenters. The Morgan fingerprint density at radius 3 is 3.09 bits per heavy atom. The lowest BCUT2D eigenvalue weighted by atomic mass is 10.0. The van der Waals surface area contributed by atoms with E-state index in [1.165, 1.54) is 0 Å². The molecule has 1 saturated heterocycles. The van der Waals surface area contributed by atoms with Crippen molar-refractivity contribution in [3.8, 4) is 5.69 Å². The Hall–Kier alpha value is -1.79. The molecule has 1 amide bonds. The highest BCUT2D eigenvalue weighted by atomic mass is 32.2. The van der Waals surface area contributed by atoms with Gasteiger partial charge in [0, 0.05) is 24.7 Å². The summed E-state index contributed by atoms with van der Waals surface area (Å²) >= 11 is 1.72. The van der Waals surface area contributed by atoms with E-state index < -0.39 is 5.60 Å². The van der Waals surface area contributed by atoms with Gasteiger partial charge in [-0.3, -0.25) is 4.79 Å². The lowest BCUT2D eigenvalue weighted by Gasteiger charge is -2.22. The van der Waals surface area contributed by atoms with E-state index in [1.54, 1.807) is 24.3 Å². The summed E-state index contributed by atoms with van der Waals surface area (Å²) in [6, 6.07) is 5.73. The van der Waals surface area contributed by atoms with Crippen molar-refractivity contribution in [2.45, 2.75) is 18.9 Å². The lowest BCUT2D eigenvalue weighted by molar-refractivity contribution is 0.0612. The van der Waals surface area contributed by atoms with Crippen LogP contribution in [0.4, 0.5) is 0 Å². The van der Waals surface area contributed by atoms with Gasteiger partial charge in [-0.1, -0.05) is 11.6 Å². The molecule has 0 saturated carbocycles. The average molecular weight is 317 g/mol. The SMILES string of the molecule is Cc1ccc(-n2ccnc2)c(C(=O)NCC2(O)CCSC2)c1. The van der Waals surface area contributed by atoms with Gasteiger partial charge in [0.1, 0.15) is 0 Å². The van der Waals surface area contributed by atoms with Crippen molar-refractivity contribution in [3.05, 3.63) is 48.0 Å². The molecule has 5 nitrogen and oxygen atoms in total. The number of aryl methyl sites for hydroxylation is 1. The second kappa shape index (κ2) is 6.14. The van der Waals surface area contributed by atoms with E-state index in [1.807, 2.05) is 35.9 Å². The number of hydrogen-bond donors (Lipinski definition) is 2. The molecule has 1 aliphatic rings. The molecule has 0 aliphatic carbocycles. The van der Waals surface area contributed by atoms with E-state index in [2.05, 4.69) is 10.3 Å². The van der Waals surface area contributed by atoms with Crippen molar-refractivity contribution in [2.24, 2.45) is 0 Å². The number of aromatic nitrogens is 2. The molecule has 1 atom stereocenters. The summed E-state index contributed by atoms with van der Waals surface area (Å²) in [6.45, 7) is 2.24. The van der Waals surface area contributed by atoms with Crippen molar-refractivity contribution in [2.75, 3.05) is 18.1 Å². The van der Waals surface area contributed by atoms with Crippen LogP contribution in [-0.2, 0) is 0 Å². The maximum absolute atomic E-state index is 12.5. The van der Waals surface area contributed by atoms with Crippen LogP contribution in [-0.4, -0.2) is 44.2 Å². The third kappa shape index (κ3) is 3.18. The molecule has 22 heavy (non-hydrogen) atoms. The predicted molar refractivity (Wildman–Crippen MR) is 87.5 cm³/mol. The Kier molecular flexibility index (Phi) is 4.22. The van der Waals surface area contributed by atoms with E-state index in [0.717, 1.165) is 23.4 Å². The normalized spacial score (nSPS) is 21.0. The number of amides is 1. The fourth-order valence-electron chi connectivity index (χ4n) is 2.53. The number of hydrogen-bond acceptors (Lipinski definition) is 4. The number of imidazole rings is 1. The maximum Gasteiger partial charge on any atom is 0.253 e. The molecule has 0 bridgehead atoms. The van der Waals surface area contributed by atoms with Gasteiger partial charge in [-0.15, -0.1) is 0 Å². The van der Waals surface area contributed by atoms with Crippen LogP contribution >= 0.6 is 11.8 Å². The van der Waals surface area contributed by atoms with Gasteiger partial charge >= 0.3 is 0 Å². The number of carbonyl (C=O) groups excluding carboxylic acids is 1. The molecule has 1 aliphatic heterocycles. The summed E-state index contributed by atoms with van der Waals surface area (Å²) in [6.07, 6.45) is 5.88. The van der Waals surface area contributed by atoms with Crippen LogP contribution in [0.2, 0.25) is 0 Å². The third-order valence-electron chi connectivity index (χ3n) is 3.84. The van der Waals surface area contributed by atoms with E-state index >= 15 is 0 Å². The number of aliphatic hydroxyl groups is 1. The quantitative estimate of drug-likeness (QED) is 0.902. The monoisotopic (exact) mass is 317 g/mol. The van der Waals surface area contributed by atoms with Gasteiger partial charge in [-0.05, 0) is 31.2 Å². The van der Waals surface area contributed by atoms with Crippen molar-refractivity contribution >= 4 is 17.7 Å². The van der Waals surface area contributed by atoms with Crippen LogP contribution in [0.1, 0.15) is 22.3 Å². The second-order valence-electron chi connectivity index (χ2n) is 5.70. The number of thioether (sulfide) groups is 1. The topological polar surface area (TPSA) is 67.2 Å². The molecule has 2 aromatic rings. The van der Waals surface area contributed by atoms with E-state index in [4.69, 9.17) is 0 Å². The van der Waals surface area contributed by atoms with Gasteiger partial charge in [0.2, 0.25) is 0 Å². The summed E-state index contributed by atoms with van der Waals surface area (Å²) in [5.74, 6) is 1.45. The van der Waals surface area contributed by atoms with Gasteiger partial charge in [-0.2, -0.15) is 11.8 Å². The maximum atomic E-state index is 12.5. The Balaban J connectivity index is 1.81. The van der Waals surface area contributed by atoms with Gasteiger partial charge in [0.25, 0.3) is 5.91 Å². The molecule has 0 radical (unpaired) electrons. The Morgan fingerprint density at radius 2 is 2.41 bits per heavy atom. The molecule has 116 valence electrons. The summed E-state index contributed by atoms with van der Waals surface area (Å²) < 4.78 is 1.81. The average Bonchev–Trinajstić information content (AvgIpc) is 3.17. The van der Waals surface area contributed by atoms with Crippen molar-refractivity contribution in [3.63, 3.8) is 0 Å². The van der Waals surface area contributed by atoms with E-state index in [9.17, 15) is 9.90 Å². The molecular formula is C16H19N3O2S. The summed E-state index contributed by atoms with van der Waals surface area (Å²) in [4.78, 5) is 16.6. The minimum absolute atomic E-state index is 0.169. The molecule has 1 aromatic carbocycles. The van der Waals surface area contributed by atoms with Crippen LogP contribution in [0, 0.1) is 6.92 Å². The highest BCUT2D eigenvalue weighted by Gasteiger charge is 2.32. The minimum Gasteiger partial charge on any atom is -0.387 e. The zero-order valence-corrected chi connectivity index (χ0v) is 13.3. The molecule has 1 aromatic heterocycles. The number of rotatable bonds is 4. The zero-order chi connectivity index (χ0) is 15.6. The van der Waals surface area contributed by atoms with Gasteiger partial charge in [0.15, 0.2) is 0 Å². The Bertz CT molecular complexity index is 664. The summed E-state index contributed by atoms with van der Waals surface area (Å²) in [7, 11) is 0. The third-order valence-corrected chi connectivity index (χ3v) is 5.07. The van der Waals surface area contributed by atoms with Gasteiger partial charge in [0.05, 0.1) is 23.2 Å². The first-order valence-electron chi connectivity index (χ1n) is 7.25. The lowest BCUT2D eigenvalue weighted by Crippen LogP contribution is -2.43. The first-order valence-corrected chi connectivity index (χ1v) is 8.40. The highest BCUT2D eigenvalue weighted by molar-refractivity contribution is 7.99. The van der Waals surface area contributed by atoms with Crippen LogP contribution in [0.3, 0.4) is 0 Å². The van der Waals surface area contributed by atoms with Crippen molar-refractivity contribution < 1.29 is 9.90 Å². The molecule has 2 N–H and O–H groups in total. The van der Waals surface area contributed by atoms with Crippen LogP contribution < -0.4 is 5.32 Å². The van der Waals surface area contributed by atoms with Crippen molar-refractivity contribution in [1.82, 2.24) is 14.9 Å². The number of carbonyl (C=O) groups is 1. The number of benzene rings is 1. The first kappa shape index (κ1) is 15.1. The van der Waals surface area contributed by atoms with Gasteiger partial charge in [-0.25, -0.2) is 4.98 Å². The highest BCUT2D eigenvalue weighted by Crippen LogP contribution is 2.27. The van der Waals surface area contributed by atoms with Crippen LogP contribution in [0.25, 0.3) is 5.69 Å². The fourth-order valence-corrected chi connectivity index (χ4v) is 3.83. The number of nitrogens with one attached hydrogen (secondary N) is 1. The van der Waals surface area contributed by atoms with Crippen LogP contribution in [0.5, 0.6) is 0 Å². The predicted octanol–water partition coefficient (Wildman–Crippen LogP) is 1.78. The first-order chi connectivity index (χ1) is 10.6. The van der Waals surface area contributed by atoms with E-state index in [-0.39, 0.29) is 12.5 Å². The molecule has 6 heteroatoms. The van der Waals surface area contributed by atoms with Crippen molar-refractivity contribution in [1.29, 1.82) is 0 Å². The Labute approximate surface area is 133 Å². The van der Waals surface area contributed by atoms with Gasteiger partial charge < -0.3 is 15.0 Å². The zero-order valence-electron chi connectivity index (χ0n) is 12.5. The smallest absolute Gasteiger partial charge is 0.253 e. The number of nitrogens with zero attached hydrogens (tertiary/aromatic N) is 2. The standard InChI is InChI=1S/C16H19N3O2S/c1-12-2-3-14(19-6-5-17-11-19)13(8-12)15(20)18-9-16(21)4-7-22-10-16/h2-3,5-6,8,11,21H,4,7,9-10H2,1H3,(H,18,20). The fraction of sp³-hybridized carbons (Fsp3) is 0.375. The minimum atomic E-state index is -0.778. The molecule has 1 fully saturated rings. The molecular weight excluding hydrogens is 298 g/mol.